The van der Waals surface area contributed by atoms with Crippen molar-refractivity contribution in [2.45, 2.75) is 62.3 Å². The van der Waals surface area contributed by atoms with E-state index in [1.807, 2.05) is 11.8 Å². The molecule has 1 spiro atoms. The van der Waals surface area contributed by atoms with Gasteiger partial charge in [0.15, 0.2) is 0 Å². The molecule has 1 aliphatic carbocycles. The number of amides is 3. The zero-order chi connectivity index (χ0) is 12.8. The first-order valence-corrected chi connectivity index (χ1v) is 7.95. The van der Waals surface area contributed by atoms with Gasteiger partial charge in [0.05, 0.1) is 6.04 Å². The molecule has 18 heavy (non-hydrogen) atoms. The highest BCUT2D eigenvalue weighted by Gasteiger charge is 2.53. The summed E-state index contributed by atoms with van der Waals surface area (Å²) in [5, 5.41) is 3.54. The van der Waals surface area contributed by atoms with Crippen LogP contribution in [-0.2, 0) is 4.79 Å². The summed E-state index contributed by atoms with van der Waals surface area (Å²) in [5.74, 6) is 0.947. The number of thioether (sulfide) groups is 1. The Kier molecular flexibility index (Phi) is 3.04. The van der Waals surface area contributed by atoms with Crippen LogP contribution in [0.3, 0.4) is 0 Å². The van der Waals surface area contributed by atoms with E-state index in [1.54, 1.807) is 0 Å². The van der Waals surface area contributed by atoms with Crippen LogP contribution in [0.4, 0.5) is 4.79 Å². The molecular weight excluding hydrogens is 248 g/mol. The van der Waals surface area contributed by atoms with Gasteiger partial charge in [0.1, 0.15) is 5.54 Å². The minimum Gasteiger partial charge on any atom is -0.323 e. The van der Waals surface area contributed by atoms with Gasteiger partial charge in [-0.15, -0.1) is 0 Å². The average Bonchev–Trinajstić information content (AvgIpc) is 2.85. The van der Waals surface area contributed by atoms with Crippen LogP contribution in [0.15, 0.2) is 0 Å². The highest BCUT2D eigenvalue weighted by atomic mass is 32.2. The van der Waals surface area contributed by atoms with Gasteiger partial charge in [-0.2, -0.15) is 11.8 Å². The Morgan fingerprint density at radius 1 is 1.28 bits per heavy atom. The van der Waals surface area contributed by atoms with Crippen LogP contribution in [0.2, 0.25) is 0 Å². The molecule has 2 unspecified atom stereocenters. The third kappa shape index (κ3) is 1.83. The summed E-state index contributed by atoms with van der Waals surface area (Å²) in [6.07, 6.45) is 5.87. The van der Waals surface area contributed by atoms with Gasteiger partial charge in [-0.3, -0.25) is 9.69 Å². The number of hydrogen-bond donors (Lipinski definition) is 1. The number of rotatable bonds is 1. The van der Waals surface area contributed by atoms with Crippen LogP contribution in [-0.4, -0.2) is 39.4 Å². The van der Waals surface area contributed by atoms with Gasteiger partial charge in [-0.1, -0.05) is 26.2 Å². The fourth-order valence-electron chi connectivity index (χ4n) is 3.44. The largest absolute Gasteiger partial charge is 0.325 e. The zero-order valence-electron chi connectivity index (χ0n) is 10.8. The minimum absolute atomic E-state index is 0.0481. The molecule has 2 heterocycles. The summed E-state index contributed by atoms with van der Waals surface area (Å²) in [5.41, 5.74) is -0.550. The van der Waals surface area contributed by atoms with Crippen molar-refractivity contribution in [1.82, 2.24) is 10.2 Å². The van der Waals surface area contributed by atoms with E-state index in [1.165, 1.54) is 11.3 Å². The molecule has 2 atom stereocenters. The van der Waals surface area contributed by atoms with E-state index >= 15 is 0 Å². The maximum absolute atomic E-state index is 12.6. The number of nitrogens with one attached hydrogen (secondary N) is 1. The molecule has 100 valence electrons. The third-order valence-electron chi connectivity index (χ3n) is 4.44. The maximum Gasteiger partial charge on any atom is 0.325 e. The van der Waals surface area contributed by atoms with Crippen molar-refractivity contribution >= 4 is 23.7 Å². The first-order chi connectivity index (χ1) is 8.62. The summed E-state index contributed by atoms with van der Waals surface area (Å²) in [6.45, 7) is 2.17. The van der Waals surface area contributed by atoms with Crippen molar-refractivity contribution in [3.05, 3.63) is 0 Å². The summed E-state index contributed by atoms with van der Waals surface area (Å²) < 4.78 is 0. The van der Waals surface area contributed by atoms with E-state index in [0.717, 1.165) is 37.9 Å². The van der Waals surface area contributed by atoms with Crippen molar-refractivity contribution < 1.29 is 9.59 Å². The van der Waals surface area contributed by atoms with Gasteiger partial charge >= 0.3 is 6.03 Å². The predicted molar refractivity (Wildman–Crippen MR) is 71.5 cm³/mol. The molecule has 0 aromatic carbocycles. The molecule has 1 N–H and O–H groups in total. The first-order valence-electron chi connectivity index (χ1n) is 6.90. The zero-order valence-corrected chi connectivity index (χ0v) is 11.6. The Labute approximate surface area is 112 Å². The summed E-state index contributed by atoms with van der Waals surface area (Å²) >= 11 is 1.86. The summed E-state index contributed by atoms with van der Waals surface area (Å²) in [7, 11) is 0. The Bertz CT molecular complexity index is 379. The monoisotopic (exact) mass is 268 g/mol. The minimum atomic E-state index is -0.550. The Balaban J connectivity index is 1.80. The van der Waals surface area contributed by atoms with Crippen molar-refractivity contribution in [3.63, 3.8) is 0 Å². The third-order valence-corrected chi connectivity index (χ3v) is 5.78. The van der Waals surface area contributed by atoms with Gasteiger partial charge in [0.2, 0.25) is 0 Å². The number of urea groups is 1. The lowest BCUT2D eigenvalue weighted by molar-refractivity contribution is -0.133. The molecule has 0 radical (unpaired) electrons. The van der Waals surface area contributed by atoms with E-state index in [2.05, 4.69) is 12.2 Å². The molecule has 0 aromatic rings. The van der Waals surface area contributed by atoms with Gasteiger partial charge in [-0.05, 0) is 19.3 Å². The van der Waals surface area contributed by atoms with Crippen molar-refractivity contribution in [3.8, 4) is 0 Å². The molecule has 5 heteroatoms. The van der Waals surface area contributed by atoms with E-state index in [9.17, 15) is 9.59 Å². The summed E-state index contributed by atoms with van der Waals surface area (Å²) in [6, 6.07) is -0.0413. The Hall–Kier alpha value is -0.710. The van der Waals surface area contributed by atoms with Crippen LogP contribution in [0.1, 0.15) is 45.4 Å². The highest BCUT2D eigenvalue weighted by molar-refractivity contribution is 8.00. The van der Waals surface area contributed by atoms with Crippen LogP contribution in [0, 0.1) is 0 Å². The predicted octanol–water partition coefficient (Wildman–Crippen LogP) is 2.14. The molecule has 0 aromatic heterocycles. The summed E-state index contributed by atoms with van der Waals surface area (Å²) in [4.78, 5) is 26.3. The van der Waals surface area contributed by atoms with E-state index in [0.29, 0.717) is 5.25 Å². The van der Waals surface area contributed by atoms with Crippen LogP contribution < -0.4 is 5.32 Å². The van der Waals surface area contributed by atoms with Crippen molar-refractivity contribution in [2.24, 2.45) is 0 Å². The topological polar surface area (TPSA) is 49.4 Å². The smallest absolute Gasteiger partial charge is 0.323 e. The molecule has 2 saturated heterocycles. The van der Waals surface area contributed by atoms with Gasteiger partial charge in [0.25, 0.3) is 5.91 Å². The number of carbonyl (C=O) groups is 2. The molecular formula is C13H20N2O2S. The molecule has 3 aliphatic rings. The normalized spacial score (nSPS) is 35.3. The van der Waals surface area contributed by atoms with Crippen LogP contribution in [0.25, 0.3) is 0 Å². The van der Waals surface area contributed by atoms with Crippen LogP contribution >= 0.6 is 11.8 Å². The number of carbonyl (C=O) groups excluding carboxylic acids is 2. The van der Waals surface area contributed by atoms with Gasteiger partial charge < -0.3 is 5.32 Å². The highest BCUT2D eigenvalue weighted by Crippen LogP contribution is 2.38. The quantitative estimate of drug-likeness (QED) is 0.741. The molecule has 1 saturated carbocycles. The Morgan fingerprint density at radius 3 is 2.61 bits per heavy atom. The van der Waals surface area contributed by atoms with E-state index < -0.39 is 5.54 Å². The maximum atomic E-state index is 12.6. The average molecular weight is 268 g/mol. The van der Waals surface area contributed by atoms with Gasteiger partial charge in [0, 0.05) is 11.0 Å². The van der Waals surface area contributed by atoms with E-state index in [-0.39, 0.29) is 18.0 Å². The number of nitrogens with zero attached hydrogens (tertiary/aromatic N) is 1. The number of hydrogen-bond acceptors (Lipinski definition) is 3. The molecule has 3 fully saturated rings. The van der Waals surface area contributed by atoms with E-state index in [4.69, 9.17) is 0 Å². The molecule has 3 amide bonds. The second-order valence-corrected chi connectivity index (χ2v) is 7.25. The molecule has 4 nitrogen and oxygen atoms in total. The lowest BCUT2D eigenvalue weighted by Crippen LogP contribution is -2.49. The fraction of sp³-hybridized carbons (Fsp3) is 0.846. The second-order valence-electron chi connectivity index (χ2n) is 5.78. The number of imide groups is 1. The first kappa shape index (κ1) is 12.3. The lowest BCUT2D eigenvalue weighted by Gasteiger charge is -2.31. The molecule has 0 bridgehead atoms. The van der Waals surface area contributed by atoms with Gasteiger partial charge in [-0.25, -0.2) is 4.79 Å². The standard InChI is InChI=1S/C13H20N2O2S/c1-9-7-10(8-18-9)15-11(16)13(14-12(15)17)5-3-2-4-6-13/h9-10H,2-8H2,1H3,(H,14,17). The van der Waals surface area contributed by atoms with Crippen molar-refractivity contribution in [1.29, 1.82) is 0 Å². The molecule has 2 aliphatic heterocycles. The Morgan fingerprint density at radius 2 is 2.00 bits per heavy atom. The lowest BCUT2D eigenvalue weighted by atomic mass is 9.81. The van der Waals surface area contributed by atoms with Crippen molar-refractivity contribution in [2.75, 3.05) is 5.75 Å². The van der Waals surface area contributed by atoms with Crippen LogP contribution in [0.5, 0.6) is 0 Å². The molecule has 3 rings (SSSR count). The SMILES string of the molecule is CC1CC(N2C(=O)NC3(CCCCC3)C2=O)CS1. The second kappa shape index (κ2) is 4.44. The fourth-order valence-corrected chi connectivity index (χ4v) is 4.64.